The number of nitrogens with two attached hydrogens (primary N) is 1. The Kier molecular flexibility index (Phi) is 5.35. The molecule has 0 aromatic heterocycles. The van der Waals surface area contributed by atoms with Gasteiger partial charge in [-0.25, -0.2) is 8.42 Å². The zero-order valence-electron chi connectivity index (χ0n) is 9.92. The summed E-state index contributed by atoms with van der Waals surface area (Å²) in [5, 5.41) is 8.83. The van der Waals surface area contributed by atoms with Crippen molar-refractivity contribution in [1.29, 1.82) is 0 Å². The number of benzene rings is 1. The van der Waals surface area contributed by atoms with Gasteiger partial charge < -0.3 is 10.8 Å². The minimum Gasteiger partial charge on any atom is -0.480 e. The predicted octanol–water partition coefficient (Wildman–Crippen LogP) is 0.554. The number of rotatable bonds is 6. The Morgan fingerprint density at radius 3 is 2.05 bits per heavy atom. The molecule has 1 rings (SSSR count). The molecule has 0 atom stereocenters. The first-order valence-electron chi connectivity index (χ1n) is 5.09. The number of carboxylic acid groups (broad SMARTS) is 1. The number of carboxylic acids is 1. The Morgan fingerprint density at radius 2 is 1.65 bits per heavy atom. The van der Waals surface area contributed by atoms with Gasteiger partial charge in [0.05, 0.1) is 11.4 Å². The molecule has 0 aliphatic carbocycles. The van der Waals surface area contributed by atoms with Gasteiger partial charge in [-0.15, -0.1) is 0 Å². The molecule has 1 aromatic carbocycles. The van der Waals surface area contributed by atoms with Crippen molar-refractivity contribution in [3.8, 4) is 0 Å². The highest BCUT2D eigenvalue weighted by molar-refractivity contribution is 7.89. The molecule has 20 heavy (non-hydrogen) atoms. The van der Waals surface area contributed by atoms with Crippen molar-refractivity contribution < 1.29 is 23.1 Å². The van der Waals surface area contributed by atoms with Crippen molar-refractivity contribution in [1.82, 2.24) is 4.31 Å². The standard InChI is InChI=1S/C10H10Cl2N2O5S/c11-6-1-7(12)3-8(2-6)20(18,19)14(4-9(13)15)5-10(16)17/h1-3H,4-5H2,(H2,13,15)(H,16,17). The van der Waals surface area contributed by atoms with Crippen LogP contribution in [0.4, 0.5) is 0 Å². The van der Waals surface area contributed by atoms with Gasteiger partial charge in [0.2, 0.25) is 15.9 Å². The van der Waals surface area contributed by atoms with E-state index in [0.717, 1.165) is 12.1 Å². The quantitative estimate of drug-likeness (QED) is 0.784. The van der Waals surface area contributed by atoms with Gasteiger partial charge in [0, 0.05) is 10.0 Å². The molecule has 0 heterocycles. The number of nitrogens with zero attached hydrogens (tertiary/aromatic N) is 1. The lowest BCUT2D eigenvalue weighted by Crippen LogP contribution is -2.41. The highest BCUT2D eigenvalue weighted by atomic mass is 35.5. The molecule has 0 spiro atoms. The fraction of sp³-hybridized carbons (Fsp3) is 0.200. The molecule has 0 radical (unpaired) electrons. The monoisotopic (exact) mass is 340 g/mol. The van der Waals surface area contributed by atoms with E-state index in [-0.39, 0.29) is 14.9 Å². The summed E-state index contributed by atoms with van der Waals surface area (Å²) in [7, 11) is -4.25. The Hall–Kier alpha value is -1.35. The third-order valence-electron chi connectivity index (χ3n) is 2.12. The molecule has 7 nitrogen and oxygen atoms in total. The van der Waals surface area contributed by atoms with E-state index in [4.69, 9.17) is 34.0 Å². The Morgan fingerprint density at radius 1 is 1.15 bits per heavy atom. The summed E-state index contributed by atoms with van der Waals surface area (Å²) in [5.41, 5.74) is 4.91. The summed E-state index contributed by atoms with van der Waals surface area (Å²) in [6.07, 6.45) is 0. The Balaban J connectivity index is 3.27. The number of primary amides is 1. The average Bonchev–Trinajstić information content (AvgIpc) is 2.25. The molecule has 0 aliphatic rings. The van der Waals surface area contributed by atoms with Crippen LogP contribution in [-0.4, -0.2) is 42.8 Å². The first-order chi connectivity index (χ1) is 9.12. The van der Waals surface area contributed by atoms with E-state index in [1.807, 2.05) is 0 Å². The minimum absolute atomic E-state index is 0.0606. The van der Waals surface area contributed by atoms with Crippen LogP contribution >= 0.6 is 23.2 Å². The molecular formula is C10H10Cl2N2O5S. The van der Waals surface area contributed by atoms with Crippen molar-refractivity contribution in [2.45, 2.75) is 4.90 Å². The van der Waals surface area contributed by atoms with E-state index >= 15 is 0 Å². The number of aliphatic carboxylic acids is 1. The van der Waals surface area contributed by atoms with Crippen molar-refractivity contribution in [3.05, 3.63) is 28.2 Å². The smallest absolute Gasteiger partial charge is 0.318 e. The third kappa shape index (κ3) is 4.34. The molecule has 10 heteroatoms. The maximum absolute atomic E-state index is 12.2. The van der Waals surface area contributed by atoms with Gasteiger partial charge in [-0.1, -0.05) is 23.2 Å². The number of amides is 1. The predicted molar refractivity (Wildman–Crippen MR) is 72.1 cm³/mol. The van der Waals surface area contributed by atoms with Crippen molar-refractivity contribution >= 4 is 45.1 Å². The highest BCUT2D eigenvalue weighted by Gasteiger charge is 2.28. The van der Waals surface area contributed by atoms with Crippen LogP contribution < -0.4 is 5.73 Å². The normalized spacial score (nSPS) is 11.6. The fourth-order valence-corrected chi connectivity index (χ4v) is 3.46. The van der Waals surface area contributed by atoms with Crippen molar-refractivity contribution in [2.24, 2.45) is 5.73 Å². The van der Waals surface area contributed by atoms with Gasteiger partial charge >= 0.3 is 5.97 Å². The van der Waals surface area contributed by atoms with Crippen LogP contribution in [0.2, 0.25) is 10.0 Å². The molecule has 0 saturated carbocycles. The van der Waals surface area contributed by atoms with Crippen LogP contribution in [0.3, 0.4) is 0 Å². The molecular weight excluding hydrogens is 331 g/mol. The Bertz CT molecular complexity index is 611. The first-order valence-corrected chi connectivity index (χ1v) is 7.29. The van der Waals surface area contributed by atoms with Gasteiger partial charge in [0.25, 0.3) is 0 Å². The first kappa shape index (κ1) is 16.7. The number of carbonyl (C=O) groups excluding carboxylic acids is 1. The SMILES string of the molecule is NC(=O)CN(CC(=O)O)S(=O)(=O)c1cc(Cl)cc(Cl)c1. The second kappa shape index (κ2) is 6.40. The van der Waals surface area contributed by atoms with E-state index in [1.165, 1.54) is 6.07 Å². The number of hydrogen-bond donors (Lipinski definition) is 2. The van der Waals surface area contributed by atoms with Crippen LogP contribution in [0.25, 0.3) is 0 Å². The number of hydrogen-bond acceptors (Lipinski definition) is 4. The zero-order chi connectivity index (χ0) is 15.5. The molecule has 3 N–H and O–H groups in total. The highest BCUT2D eigenvalue weighted by Crippen LogP contribution is 2.24. The second-order valence-electron chi connectivity index (χ2n) is 3.74. The largest absolute Gasteiger partial charge is 0.480 e. The van der Waals surface area contributed by atoms with Crippen LogP contribution in [0.1, 0.15) is 0 Å². The van der Waals surface area contributed by atoms with E-state index in [1.54, 1.807) is 0 Å². The lowest BCUT2D eigenvalue weighted by molar-refractivity contribution is -0.137. The van der Waals surface area contributed by atoms with Gasteiger partial charge in [-0.05, 0) is 18.2 Å². The molecule has 1 aromatic rings. The van der Waals surface area contributed by atoms with Crippen LogP contribution in [0.15, 0.2) is 23.1 Å². The summed E-state index contributed by atoms with van der Waals surface area (Å²) in [6, 6.07) is 3.51. The van der Waals surface area contributed by atoms with E-state index < -0.39 is 35.0 Å². The minimum atomic E-state index is -4.25. The van der Waals surface area contributed by atoms with Crippen LogP contribution in [0, 0.1) is 0 Å². The molecule has 0 fully saturated rings. The number of carbonyl (C=O) groups is 2. The summed E-state index contributed by atoms with van der Waals surface area (Å²) >= 11 is 11.4. The number of halogens is 2. The molecule has 0 bridgehead atoms. The maximum atomic E-state index is 12.2. The van der Waals surface area contributed by atoms with Gasteiger partial charge in [-0.3, -0.25) is 9.59 Å². The lowest BCUT2D eigenvalue weighted by atomic mass is 10.4. The zero-order valence-corrected chi connectivity index (χ0v) is 12.2. The summed E-state index contributed by atoms with van der Waals surface area (Å²) in [6.45, 7) is -1.67. The second-order valence-corrected chi connectivity index (χ2v) is 6.55. The summed E-state index contributed by atoms with van der Waals surface area (Å²) in [4.78, 5) is 21.2. The van der Waals surface area contributed by atoms with Crippen LogP contribution in [-0.2, 0) is 19.6 Å². The molecule has 1 amide bonds. The van der Waals surface area contributed by atoms with Gasteiger partial charge in [0.15, 0.2) is 0 Å². The molecule has 0 aliphatic heterocycles. The third-order valence-corrected chi connectivity index (χ3v) is 4.32. The van der Waals surface area contributed by atoms with Gasteiger partial charge in [-0.2, -0.15) is 4.31 Å². The average molecular weight is 341 g/mol. The van der Waals surface area contributed by atoms with Gasteiger partial charge in [0.1, 0.15) is 6.54 Å². The molecule has 0 unspecified atom stereocenters. The maximum Gasteiger partial charge on any atom is 0.318 e. The van der Waals surface area contributed by atoms with Crippen molar-refractivity contribution in [3.63, 3.8) is 0 Å². The van der Waals surface area contributed by atoms with E-state index in [2.05, 4.69) is 0 Å². The van der Waals surface area contributed by atoms with Crippen LogP contribution in [0.5, 0.6) is 0 Å². The van der Waals surface area contributed by atoms with Crippen molar-refractivity contribution in [2.75, 3.05) is 13.1 Å². The molecule has 0 saturated heterocycles. The Labute approximate surface area is 124 Å². The summed E-state index contributed by atoms with van der Waals surface area (Å²) in [5.74, 6) is -2.41. The summed E-state index contributed by atoms with van der Waals surface area (Å²) < 4.78 is 24.9. The number of sulfonamides is 1. The molecule has 110 valence electrons. The fourth-order valence-electron chi connectivity index (χ4n) is 1.38. The van der Waals surface area contributed by atoms with E-state index in [9.17, 15) is 18.0 Å². The lowest BCUT2D eigenvalue weighted by Gasteiger charge is -2.19. The topological polar surface area (TPSA) is 118 Å². The van der Waals surface area contributed by atoms with E-state index in [0.29, 0.717) is 4.31 Å².